The van der Waals surface area contributed by atoms with E-state index in [2.05, 4.69) is 42.8 Å². The third-order valence-electron chi connectivity index (χ3n) is 3.43. The van der Waals surface area contributed by atoms with Crippen molar-refractivity contribution in [1.82, 2.24) is 9.88 Å². The van der Waals surface area contributed by atoms with Crippen LogP contribution in [0.25, 0.3) is 10.9 Å². The van der Waals surface area contributed by atoms with Crippen LogP contribution in [0.2, 0.25) is 5.02 Å². The van der Waals surface area contributed by atoms with Gasteiger partial charge in [-0.1, -0.05) is 17.7 Å². The smallest absolute Gasteiger partial charge is 0.0500 e. The lowest BCUT2D eigenvalue weighted by molar-refractivity contribution is 0.545. The molecule has 3 heteroatoms. The van der Waals surface area contributed by atoms with Crippen LogP contribution in [0.5, 0.6) is 0 Å². The molecule has 0 bridgehead atoms. The molecule has 0 saturated heterocycles. The van der Waals surface area contributed by atoms with Crippen molar-refractivity contribution in [2.75, 3.05) is 7.05 Å². The molecule has 0 amide bonds. The molecule has 1 atom stereocenters. The average molecular weight is 265 g/mol. The number of nitrogens with one attached hydrogen (secondary N) is 1. The van der Waals surface area contributed by atoms with Gasteiger partial charge in [0.05, 0.1) is 0 Å². The first-order valence-electron chi connectivity index (χ1n) is 6.50. The summed E-state index contributed by atoms with van der Waals surface area (Å²) in [7, 11) is 2.00. The van der Waals surface area contributed by atoms with Gasteiger partial charge in [-0.15, -0.1) is 0 Å². The Bertz CT molecular complexity index is 543. The van der Waals surface area contributed by atoms with Crippen molar-refractivity contribution < 1.29 is 0 Å². The first kappa shape index (κ1) is 13.4. The van der Waals surface area contributed by atoms with E-state index < -0.39 is 0 Å². The monoisotopic (exact) mass is 264 g/mol. The highest BCUT2D eigenvalue weighted by atomic mass is 35.5. The molecule has 0 radical (unpaired) electrons. The minimum absolute atomic E-state index is 0.444. The number of likely N-dealkylation sites (N-methyl/N-ethyl adjacent to an activating group) is 1. The van der Waals surface area contributed by atoms with Crippen molar-refractivity contribution in [3.05, 3.63) is 35.0 Å². The minimum atomic E-state index is 0.444. The van der Waals surface area contributed by atoms with Crippen molar-refractivity contribution in [2.45, 2.75) is 39.3 Å². The first-order chi connectivity index (χ1) is 8.54. The van der Waals surface area contributed by atoms with Crippen molar-refractivity contribution in [3.63, 3.8) is 0 Å². The number of nitrogens with zero attached hydrogens (tertiary/aromatic N) is 1. The number of halogens is 1. The molecule has 1 aromatic carbocycles. The Labute approximate surface area is 114 Å². The van der Waals surface area contributed by atoms with Crippen LogP contribution in [0.3, 0.4) is 0 Å². The first-order valence-corrected chi connectivity index (χ1v) is 6.88. The number of hydrogen-bond acceptors (Lipinski definition) is 1. The van der Waals surface area contributed by atoms with E-state index in [1.165, 1.54) is 11.2 Å². The zero-order valence-electron chi connectivity index (χ0n) is 11.5. The summed E-state index contributed by atoms with van der Waals surface area (Å²) in [6.07, 6.45) is 1.01. The van der Waals surface area contributed by atoms with Gasteiger partial charge < -0.3 is 9.88 Å². The summed E-state index contributed by atoms with van der Waals surface area (Å²) in [5, 5.41) is 5.29. The third-order valence-corrected chi connectivity index (χ3v) is 3.76. The molecule has 2 aromatic rings. The largest absolute Gasteiger partial charge is 0.342 e. The van der Waals surface area contributed by atoms with Gasteiger partial charge in [0.2, 0.25) is 0 Å². The lowest BCUT2D eigenvalue weighted by atomic mass is 10.1. The van der Waals surface area contributed by atoms with Crippen LogP contribution in [-0.4, -0.2) is 17.7 Å². The van der Waals surface area contributed by atoms with Crippen LogP contribution in [0.4, 0.5) is 0 Å². The van der Waals surface area contributed by atoms with Crippen LogP contribution in [0.15, 0.2) is 24.3 Å². The van der Waals surface area contributed by atoms with Gasteiger partial charge in [0.1, 0.15) is 0 Å². The molecule has 0 spiro atoms. The minimum Gasteiger partial charge on any atom is -0.342 e. The third kappa shape index (κ3) is 2.40. The summed E-state index contributed by atoms with van der Waals surface area (Å²) in [5.74, 6) is 0. The maximum Gasteiger partial charge on any atom is 0.0500 e. The van der Waals surface area contributed by atoms with Gasteiger partial charge in [0.15, 0.2) is 0 Å². The molecule has 98 valence electrons. The highest BCUT2D eigenvalue weighted by Crippen LogP contribution is 2.30. The summed E-state index contributed by atoms with van der Waals surface area (Å²) < 4.78 is 2.38. The predicted molar refractivity (Wildman–Crippen MR) is 79.6 cm³/mol. The summed E-state index contributed by atoms with van der Waals surface area (Å²) in [5.41, 5.74) is 2.57. The Morgan fingerprint density at radius 2 is 2.00 bits per heavy atom. The molecule has 1 unspecified atom stereocenters. The van der Waals surface area contributed by atoms with Gasteiger partial charge in [0.25, 0.3) is 0 Å². The second-order valence-corrected chi connectivity index (χ2v) is 5.57. The zero-order chi connectivity index (χ0) is 13.3. The molecule has 1 N–H and O–H groups in total. The maximum atomic E-state index is 6.29. The van der Waals surface area contributed by atoms with E-state index >= 15 is 0 Å². The van der Waals surface area contributed by atoms with E-state index in [9.17, 15) is 0 Å². The van der Waals surface area contributed by atoms with E-state index in [0.29, 0.717) is 12.1 Å². The summed E-state index contributed by atoms with van der Waals surface area (Å²) in [6.45, 7) is 6.63. The van der Waals surface area contributed by atoms with Gasteiger partial charge in [-0.3, -0.25) is 0 Å². The topological polar surface area (TPSA) is 17.0 Å². The van der Waals surface area contributed by atoms with E-state index in [0.717, 1.165) is 16.8 Å². The standard InChI is InChI=1S/C15H21ClN2/c1-10(2)18-12(8-11(3)17-4)9-13-14(16)6-5-7-15(13)18/h5-7,9-11,17H,8H2,1-4H3. The molecule has 0 fully saturated rings. The highest BCUT2D eigenvalue weighted by molar-refractivity contribution is 6.35. The van der Waals surface area contributed by atoms with E-state index in [-0.39, 0.29) is 0 Å². The fourth-order valence-corrected chi connectivity index (χ4v) is 2.68. The lowest BCUT2D eigenvalue weighted by Gasteiger charge is -2.17. The van der Waals surface area contributed by atoms with Gasteiger partial charge in [-0.25, -0.2) is 0 Å². The fourth-order valence-electron chi connectivity index (χ4n) is 2.45. The van der Waals surface area contributed by atoms with Crippen molar-refractivity contribution >= 4 is 22.5 Å². The lowest BCUT2D eigenvalue weighted by Crippen LogP contribution is -2.25. The van der Waals surface area contributed by atoms with Gasteiger partial charge in [-0.2, -0.15) is 0 Å². The molecule has 0 aliphatic carbocycles. The second-order valence-electron chi connectivity index (χ2n) is 5.17. The SMILES string of the molecule is CNC(C)Cc1cc2c(Cl)cccc2n1C(C)C. The number of rotatable bonds is 4. The number of hydrogen-bond donors (Lipinski definition) is 1. The fraction of sp³-hybridized carbons (Fsp3) is 0.467. The molecule has 18 heavy (non-hydrogen) atoms. The van der Waals surface area contributed by atoms with Crippen LogP contribution < -0.4 is 5.32 Å². The van der Waals surface area contributed by atoms with E-state index in [1.807, 2.05) is 19.2 Å². The zero-order valence-corrected chi connectivity index (χ0v) is 12.3. The molecule has 1 aromatic heterocycles. The van der Waals surface area contributed by atoms with Crippen LogP contribution >= 0.6 is 11.6 Å². The molecule has 1 heterocycles. The normalized spacial score (nSPS) is 13.4. The summed E-state index contributed by atoms with van der Waals surface area (Å²) in [4.78, 5) is 0. The molecule has 0 aliphatic rings. The molecular weight excluding hydrogens is 244 g/mol. The van der Waals surface area contributed by atoms with Crippen LogP contribution in [0, 0.1) is 0 Å². The number of aromatic nitrogens is 1. The highest BCUT2D eigenvalue weighted by Gasteiger charge is 2.14. The van der Waals surface area contributed by atoms with Crippen molar-refractivity contribution in [1.29, 1.82) is 0 Å². The number of fused-ring (bicyclic) bond motifs is 1. The Morgan fingerprint density at radius 3 is 2.61 bits per heavy atom. The Morgan fingerprint density at radius 1 is 1.28 bits per heavy atom. The molecule has 2 nitrogen and oxygen atoms in total. The van der Waals surface area contributed by atoms with E-state index in [4.69, 9.17) is 11.6 Å². The number of benzene rings is 1. The molecule has 0 saturated carbocycles. The van der Waals surface area contributed by atoms with Gasteiger partial charge in [-0.05, 0) is 46.0 Å². The van der Waals surface area contributed by atoms with E-state index in [1.54, 1.807) is 0 Å². The summed E-state index contributed by atoms with van der Waals surface area (Å²) in [6, 6.07) is 9.26. The summed E-state index contributed by atoms with van der Waals surface area (Å²) >= 11 is 6.29. The Kier molecular flexibility index (Phi) is 3.98. The molecule has 0 aliphatic heterocycles. The quantitative estimate of drug-likeness (QED) is 0.882. The molecular formula is C15H21ClN2. The van der Waals surface area contributed by atoms with Gasteiger partial charge >= 0.3 is 0 Å². The van der Waals surface area contributed by atoms with Crippen LogP contribution in [0.1, 0.15) is 32.5 Å². The average Bonchev–Trinajstić information content (AvgIpc) is 2.68. The molecule has 2 rings (SSSR count). The maximum absolute atomic E-state index is 6.29. The van der Waals surface area contributed by atoms with Gasteiger partial charge in [0, 0.05) is 40.1 Å². The second kappa shape index (κ2) is 5.33. The van der Waals surface area contributed by atoms with Crippen molar-refractivity contribution in [2.24, 2.45) is 0 Å². The predicted octanol–water partition coefficient (Wildman–Crippen LogP) is 4.03. The Balaban J connectivity index is 2.58. The van der Waals surface area contributed by atoms with Crippen molar-refractivity contribution in [3.8, 4) is 0 Å². The Hall–Kier alpha value is -0.990. The van der Waals surface area contributed by atoms with Crippen LogP contribution in [-0.2, 0) is 6.42 Å².